The summed E-state index contributed by atoms with van der Waals surface area (Å²) in [7, 11) is 0. The second-order valence-corrected chi connectivity index (χ2v) is 8.96. The Morgan fingerprint density at radius 3 is 2.47 bits per heavy atom. The third-order valence-corrected chi connectivity index (χ3v) is 6.76. The van der Waals surface area contributed by atoms with Crippen molar-refractivity contribution in [3.05, 3.63) is 69.2 Å². The number of aromatic nitrogens is 2. The lowest BCUT2D eigenvalue weighted by molar-refractivity contribution is -0.138. The third kappa shape index (κ3) is 4.36. The summed E-state index contributed by atoms with van der Waals surface area (Å²) in [4.78, 5) is 21.0. The molecule has 9 heteroatoms. The zero-order chi connectivity index (χ0) is 21.5. The van der Waals surface area contributed by atoms with Crippen LogP contribution in [0.4, 0.5) is 13.2 Å². The number of hydrogen-bond acceptors (Lipinski definition) is 5. The first kappa shape index (κ1) is 20.5. The van der Waals surface area contributed by atoms with E-state index in [0.29, 0.717) is 22.6 Å². The van der Waals surface area contributed by atoms with Gasteiger partial charge in [-0.15, -0.1) is 22.7 Å². The SMILES string of the molecule is Cc1nc(-c2ccc(C(F)(F)F)cc2)sc1Cc1nc2cc(CC(=O)O)ccc2s1. The molecule has 4 rings (SSSR count). The van der Waals surface area contributed by atoms with Crippen LogP contribution in [0.25, 0.3) is 20.8 Å². The first-order valence-corrected chi connectivity index (χ1v) is 10.6. The molecule has 0 bridgehead atoms. The molecule has 0 saturated heterocycles. The van der Waals surface area contributed by atoms with Gasteiger partial charge in [0.1, 0.15) is 5.01 Å². The van der Waals surface area contributed by atoms with E-state index in [0.717, 1.165) is 37.9 Å². The van der Waals surface area contributed by atoms with Gasteiger partial charge in [0, 0.05) is 16.9 Å². The molecule has 4 aromatic rings. The summed E-state index contributed by atoms with van der Waals surface area (Å²) in [5, 5.41) is 10.5. The van der Waals surface area contributed by atoms with Crippen LogP contribution in [0.5, 0.6) is 0 Å². The van der Waals surface area contributed by atoms with Crippen molar-refractivity contribution >= 4 is 38.9 Å². The molecule has 2 aromatic heterocycles. The van der Waals surface area contributed by atoms with Crippen LogP contribution < -0.4 is 0 Å². The van der Waals surface area contributed by atoms with Gasteiger partial charge in [-0.1, -0.05) is 18.2 Å². The van der Waals surface area contributed by atoms with Crippen molar-refractivity contribution in [1.29, 1.82) is 0 Å². The van der Waals surface area contributed by atoms with Crippen LogP contribution in [0.15, 0.2) is 42.5 Å². The van der Waals surface area contributed by atoms with Crippen LogP contribution >= 0.6 is 22.7 Å². The minimum Gasteiger partial charge on any atom is -0.481 e. The van der Waals surface area contributed by atoms with Gasteiger partial charge in [0.05, 0.1) is 32.9 Å². The summed E-state index contributed by atoms with van der Waals surface area (Å²) in [5.41, 5.74) is 2.24. The second kappa shape index (κ2) is 7.81. The Morgan fingerprint density at radius 1 is 1.07 bits per heavy atom. The van der Waals surface area contributed by atoms with Crippen molar-refractivity contribution in [1.82, 2.24) is 9.97 Å². The van der Waals surface area contributed by atoms with Gasteiger partial charge >= 0.3 is 12.1 Å². The highest BCUT2D eigenvalue weighted by atomic mass is 32.1. The maximum atomic E-state index is 12.8. The van der Waals surface area contributed by atoms with E-state index in [1.54, 1.807) is 12.1 Å². The predicted octanol–water partition coefficient (Wildman–Crippen LogP) is 5.96. The average molecular weight is 448 g/mol. The Labute approximate surface area is 177 Å². The van der Waals surface area contributed by atoms with Crippen molar-refractivity contribution in [2.24, 2.45) is 0 Å². The number of aliphatic carboxylic acids is 1. The fourth-order valence-corrected chi connectivity index (χ4v) is 5.16. The van der Waals surface area contributed by atoms with E-state index in [1.165, 1.54) is 34.8 Å². The molecular formula is C21H15F3N2O2S2. The molecule has 154 valence electrons. The molecular weight excluding hydrogens is 433 g/mol. The minimum absolute atomic E-state index is 0.0484. The molecule has 0 amide bonds. The number of halogens is 3. The fourth-order valence-electron chi connectivity index (χ4n) is 3.04. The number of rotatable bonds is 5. The number of fused-ring (bicyclic) bond motifs is 1. The van der Waals surface area contributed by atoms with Crippen molar-refractivity contribution in [2.45, 2.75) is 25.9 Å². The van der Waals surface area contributed by atoms with E-state index in [2.05, 4.69) is 9.97 Å². The number of carboxylic acids is 1. The molecule has 0 saturated carbocycles. The van der Waals surface area contributed by atoms with E-state index in [9.17, 15) is 18.0 Å². The molecule has 0 aliphatic carbocycles. The van der Waals surface area contributed by atoms with Gasteiger partial charge in [0.2, 0.25) is 0 Å². The van der Waals surface area contributed by atoms with Crippen molar-refractivity contribution < 1.29 is 23.1 Å². The normalized spacial score (nSPS) is 11.9. The molecule has 2 heterocycles. The van der Waals surface area contributed by atoms with Crippen LogP contribution in [-0.2, 0) is 23.8 Å². The predicted molar refractivity (Wildman–Crippen MR) is 111 cm³/mol. The molecule has 0 atom stereocenters. The molecule has 0 aliphatic heterocycles. The number of carboxylic acid groups (broad SMARTS) is 1. The van der Waals surface area contributed by atoms with Crippen molar-refractivity contribution in [3.63, 3.8) is 0 Å². The van der Waals surface area contributed by atoms with Crippen LogP contribution in [0, 0.1) is 6.92 Å². The minimum atomic E-state index is -4.36. The smallest absolute Gasteiger partial charge is 0.416 e. The zero-order valence-electron chi connectivity index (χ0n) is 15.7. The van der Waals surface area contributed by atoms with Gasteiger partial charge in [-0.3, -0.25) is 4.79 Å². The summed E-state index contributed by atoms with van der Waals surface area (Å²) in [6.45, 7) is 1.87. The van der Waals surface area contributed by atoms with E-state index in [4.69, 9.17) is 5.11 Å². The zero-order valence-corrected chi connectivity index (χ0v) is 17.3. The van der Waals surface area contributed by atoms with Crippen molar-refractivity contribution in [2.75, 3.05) is 0 Å². The van der Waals surface area contributed by atoms with E-state index >= 15 is 0 Å². The summed E-state index contributed by atoms with van der Waals surface area (Å²) in [6.07, 6.45) is -3.84. The Bertz CT molecular complexity index is 1230. The average Bonchev–Trinajstić information content (AvgIpc) is 3.23. The molecule has 30 heavy (non-hydrogen) atoms. The lowest BCUT2D eigenvalue weighted by atomic mass is 10.1. The summed E-state index contributed by atoms with van der Waals surface area (Å²) in [6, 6.07) is 10.5. The fraction of sp³-hybridized carbons (Fsp3) is 0.190. The van der Waals surface area contributed by atoms with Crippen LogP contribution in [0.3, 0.4) is 0 Å². The summed E-state index contributed by atoms with van der Waals surface area (Å²) in [5.74, 6) is -0.888. The number of hydrogen-bond donors (Lipinski definition) is 1. The third-order valence-electron chi connectivity index (χ3n) is 4.52. The van der Waals surface area contributed by atoms with E-state index < -0.39 is 17.7 Å². The molecule has 0 unspecified atom stereocenters. The number of thiazole rings is 2. The number of benzene rings is 2. The largest absolute Gasteiger partial charge is 0.481 e. The monoisotopic (exact) mass is 448 g/mol. The van der Waals surface area contributed by atoms with Gasteiger partial charge in [0.25, 0.3) is 0 Å². The summed E-state index contributed by atoms with van der Waals surface area (Å²) >= 11 is 2.97. The summed E-state index contributed by atoms with van der Waals surface area (Å²) < 4.78 is 39.3. The van der Waals surface area contributed by atoms with Crippen molar-refractivity contribution in [3.8, 4) is 10.6 Å². The Balaban J connectivity index is 1.57. The Kier molecular flexibility index (Phi) is 5.33. The molecule has 1 N–H and O–H groups in total. The van der Waals surface area contributed by atoms with Gasteiger partial charge < -0.3 is 5.11 Å². The quantitative estimate of drug-likeness (QED) is 0.409. The molecule has 2 aromatic carbocycles. The standard InChI is InChI=1S/C21H15F3N2O2S2/c1-11-17(30-20(25-11)13-3-5-14(6-4-13)21(22,23)24)10-18-26-15-8-12(9-19(27)28)2-7-16(15)29-18/h2-8H,9-10H2,1H3,(H,27,28). The maximum Gasteiger partial charge on any atom is 0.416 e. The van der Waals surface area contributed by atoms with Gasteiger partial charge in [-0.25, -0.2) is 9.97 Å². The molecule has 0 fully saturated rings. The van der Waals surface area contributed by atoms with Crippen LogP contribution in [-0.4, -0.2) is 21.0 Å². The van der Waals surface area contributed by atoms with Crippen LogP contribution in [0.1, 0.15) is 26.7 Å². The lowest BCUT2D eigenvalue weighted by Gasteiger charge is -2.06. The molecule has 0 aliphatic rings. The number of carbonyl (C=O) groups is 1. The molecule has 0 radical (unpaired) electrons. The first-order valence-electron chi connectivity index (χ1n) is 8.93. The van der Waals surface area contributed by atoms with Gasteiger partial charge in [-0.2, -0.15) is 13.2 Å². The van der Waals surface area contributed by atoms with Gasteiger partial charge in [-0.05, 0) is 36.8 Å². The second-order valence-electron chi connectivity index (χ2n) is 6.76. The Hall–Kier alpha value is -2.78. The van der Waals surface area contributed by atoms with Gasteiger partial charge in [0.15, 0.2) is 0 Å². The van der Waals surface area contributed by atoms with E-state index in [-0.39, 0.29) is 6.42 Å². The first-order chi connectivity index (χ1) is 14.2. The Morgan fingerprint density at radius 2 is 1.80 bits per heavy atom. The lowest BCUT2D eigenvalue weighted by Crippen LogP contribution is -2.03. The highest BCUT2D eigenvalue weighted by molar-refractivity contribution is 7.19. The number of aryl methyl sites for hydroxylation is 1. The molecule has 0 spiro atoms. The highest BCUT2D eigenvalue weighted by Gasteiger charge is 2.30. The highest BCUT2D eigenvalue weighted by Crippen LogP contribution is 2.34. The van der Waals surface area contributed by atoms with E-state index in [1.807, 2.05) is 13.0 Å². The molecule has 4 nitrogen and oxygen atoms in total. The number of alkyl halides is 3. The van der Waals surface area contributed by atoms with Crippen LogP contribution in [0.2, 0.25) is 0 Å². The number of nitrogens with zero attached hydrogens (tertiary/aromatic N) is 2. The maximum absolute atomic E-state index is 12.8. The topological polar surface area (TPSA) is 63.1 Å².